The Bertz CT molecular complexity index is 1800. The molecule has 0 unspecified atom stereocenters. The molecule has 1 N–H and O–H groups in total. The smallest absolute Gasteiger partial charge is 0.267 e. The predicted octanol–water partition coefficient (Wildman–Crippen LogP) is 7.01. The highest BCUT2D eigenvalue weighted by Crippen LogP contribution is 2.35. The van der Waals surface area contributed by atoms with Gasteiger partial charge in [0.05, 0.1) is 23.0 Å². The molecule has 41 heavy (non-hydrogen) atoms. The molecule has 0 bridgehead atoms. The Morgan fingerprint density at radius 3 is 2.66 bits per heavy atom. The van der Waals surface area contributed by atoms with Crippen LogP contribution >= 0.6 is 34.7 Å². The van der Waals surface area contributed by atoms with Crippen molar-refractivity contribution < 1.29 is 9.53 Å². The summed E-state index contributed by atoms with van der Waals surface area (Å²) in [6, 6.07) is 24.0. The van der Waals surface area contributed by atoms with E-state index >= 15 is 0 Å². The summed E-state index contributed by atoms with van der Waals surface area (Å²) in [6.07, 6.45) is 5.62. The molecule has 1 aliphatic rings. The van der Waals surface area contributed by atoms with Crippen molar-refractivity contribution in [1.29, 1.82) is 0 Å². The largest absolute Gasteiger partial charge is 0.457 e. The minimum atomic E-state index is -0.314. The van der Waals surface area contributed by atoms with Gasteiger partial charge in [0.15, 0.2) is 5.16 Å². The van der Waals surface area contributed by atoms with Crippen LogP contribution in [0.3, 0.4) is 0 Å². The van der Waals surface area contributed by atoms with Crippen LogP contribution in [0.1, 0.15) is 28.8 Å². The molecule has 5 aromatic rings. The van der Waals surface area contributed by atoms with Gasteiger partial charge in [-0.25, -0.2) is 10.4 Å². The molecule has 7 nitrogen and oxygen atoms in total. The van der Waals surface area contributed by atoms with E-state index in [1.165, 1.54) is 16.6 Å². The van der Waals surface area contributed by atoms with Crippen molar-refractivity contribution in [3.63, 3.8) is 0 Å². The molecular formula is C31H25ClN4O3S2. The molecule has 206 valence electrons. The number of rotatable bonds is 8. The number of ether oxygens (including phenoxy) is 1. The van der Waals surface area contributed by atoms with E-state index in [9.17, 15) is 9.59 Å². The summed E-state index contributed by atoms with van der Waals surface area (Å²) in [5.74, 6) is 1.12. The van der Waals surface area contributed by atoms with Gasteiger partial charge in [0.2, 0.25) is 0 Å². The molecule has 1 amide bonds. The van der Waals surface area contributed by atoms with E-state index in [2.05, 4.69) is 10.5 Å². The summed E-state index contributed by atoms with van der Waals surface area (Å²) in [7, 11) is 0. The summed E-state index contributed by atoms with van der Waals surface area (Å²) >= 11 is 8.90. The summed E-state index contributed by atoms with van der Waals surface area (Å²) in [5, 5.41) is 5.83. The average molecular weight is 601 g/mol. The second-order valence-electron chi connectivity index (χ2n) is 9.47. The first kappa shape index (κ1) is 27.3. The maximum Gasteiger partial charge on any atom is 0.267 e. The summed E-state index contributed by atoms with van der Waals surface area (Å²) in [6.45, 7) is 0. The van der Waals surface area contributed by atoms with E-state index in [0.29, 0.717) is 27.0 Å². The number of carbonyl (C=O) groups excluding carboxylic acids is 1. The van der Waals surface area contributed by atoms with Gasteiger partial charge < -0.3 is 4.74 Å². The van der Waals surface area contributed by atoms with Crippen LogP contribution in [0.25, 0.3) is 15.9 Å². The van der Waals surface area contributed by atoms with Crippen molar-refractivity contribution in [2.24, 2.45) is 5.10 Å². The van der Waals surface area contributed by atoms with Crippen LogP contribution in [0.4, 0.5) is 0 Å². The fourth-order valence-electron chi connectivity index (χ4n) is 4.73. The number of carbonyl (C=O) groups is 1. The number of fused-ring (bicyclic) bond motifs is 3. The molecule has 0 saturated carbocycles. The lowest BCUT2D eigenvalue weighted by molar-refractivity contribution is -0.118. The predicted molar refractivity (Wildman–Crippen MR) is 166 cm³/mol. The Morgan fingerprint density at radius 1 is 1.05 bits per heavy atom. The maximum atomic E-state index is 13.8. The van der Waals surface area contributed by atoms with Gasteiger partial charge in [0, 0.05) is 9.90 Å². The maximum absolute atomic E-state index is 13.8. The minimum Gasteiger partial charge on any atom is -0.457 e. The van der Waals surface area contributed by atoms with E-state index in [-0.39, 0.29) is 17.2 Å². The number of nitrogens with one attached hydrogen (secondary N) is 1. The molecule has 0 spiro atoms. The van der Waals surface area contributed by atoms with Crippen molar-refractivity contribution in [1.82, 2.24) is 15.0 Å². The van der Waals surface area contributed by atoms with Crippen LogP contribution in [-0.4, -0.2) is 27.4 Å². The SMILES string of the molecule is O=C(CSc1nc2sc3c(c2c(=O)n1-c1ccc(Cl)cc1)CCCC3)NN=Cc1cccc(Oc2ccccc2)c1. The Balaban J connectivity index is 1.19. The molecule has 0 radical (unpaired) electrons. The number of hydrogen-bond acceptors (Lipinski definition) is 7. The Hall–Kier alpha value is -3.92. The van der Waals surface area contributed by atoms with Crippen LogP contribution in [-0.2, 0) is 17.6 Å². The monoisotopic (exact) mass is 600 g/mol. The number of hydrogen-bond donors (Lipinski definition) is 1. The molecule has 10 heteroatoms. The van der Waals surface area contributed by atoms with Gasteiger partial charge in [-0.1, -0.05) is 53.7 Å². The number of nitrogens with zero attached hydrogens (tertiary/aromatic N) is 3. The summed E-state index contributed by atoms with van der Waals surface area (Å²) in [5.41, 5.74) is 5.01. The highest BCUT2D eigenvalue weighted by molar-refractivity contribution is 7.99. The molecule has 1 aliphatic carbocycles. The van der Waals surface area contributed by atoms with Gasteiger partial charge in [0.1, 0.15) is 16.3 Å². The molecular weight excluding hydrogens is 576 g/mol. The lowest BCUT2D eigenvalue weighted by Crippen LogP contribution is -2.24. The first-order chi connectivity index (χ1) is 20.0. The number of aromatic nitrogens is 2. The average Bonchev–Trinajstić information content (AvgIpc) is 3.36. The van der Waals surface area contributed by atoms with Crippen molar-refractivity contribution in [3.8, 4) is 17.2 Å². The van der Waals surface area contributed by atoms with E-state index in [1.54, 1.807) is 46.4 Å². The fraction of sp³-hybridized carbons (Fsp3) is 0.161. The number of benzene rings is 3. The second kappa shape index (κ2) is 12.3. The number of thioether (sulfide) groups is 1. The fourth-order valence-corrected chi connectivity index (χ4v) is 6.96. The van der Waals surface area contributed by atoms with Gasteiger partial charge in [-0.05, 0) is 85.3 Å². The molecule has 2 heterocycles. The Labute approximate surface area is 249 Å². The number of thiophene rings is 1. The number of amides is 1. The highest BCUT2D eigenvalue weighted by Gasteiger charge is 2.23. The molecule has 0 atom stereocenters. The summed E-state index contributed by atoms with van der Waals surface area (Å²) in [4.78, 5) is 33.4. The zero-order valence-corrected chi connectivity index (χ0v) is 24.3. The standard InChI is InChI=1S/C31H25ClN4O3S2/c32-21-13-15-22(16-14-21)36-30(38)28-25-11-4-5-12-26(25)41-29(28)34-31(36)40-19-27(37)35-33-18-20-7-6-10-24(17-20)39-23-8-2-1-3-9-23/h1-3,6-10,13-18H,4-5,11-12,19H2,(H,35,37). The van der Waals surface area contributed by atoms with Crippen LogP contribution in [0, 0.1) is 0 Å². The first-order valence-corrected chi connectivity index (χ1v) is 15.3. The van der Waals surface area contributed by atoms with Gasteiger partial charge in [-0.3, -0.25) is 14.2 Å². The van der Waals surface area contributed by atoms with Crippen LogP contribution in [0.5, 0.6) is 11.5 Å². The molecule has 2 aromatic heterocycles. The molecule has 0 saturated heterocycles. The van der Waals surface area contributed by atoms with Crippen molar-refractivity contribution in [3.05, 3.63) is 110 Å². The molecule has 3 aromatic carbocycles. The van der Waals surface area contributed by atoms with Crippen molar-refractivity contribution in [2.45, 2.75) is 30.8 Å². The van der Waals surface area contributed by atoms with E-state index in [4.69, 9.17) is 21.3 Å². The van der Waals surface area contributed by atoms with Gasteiger partial charge >= 0.3 is 0 Å². The number of hydrazone groups is 1. The van der Waals surface area contributed by atoms with Gasteiger partial charge in [-0.15, -0.1) is 11.3 Å². The molecule has 6 rings (SSSR count). The first-order valence-electron chi connectivity index (χ1n) is 13.2. The van der Waals surface area contributed by atoms with Gasteiger partial charge in [0.25, 0.3) is 11.5 Å². The van der Waals surface area contributed by atoms with Crippen LogP contribution in [0.15, 0.2) is 93.9 Å². The van der Waals surface area contributed by atoms with E-state index < -0.39 is 0 Å². The van der Waals surface area contributed by atoms with Gasteiger partial charge in [-0.2, -0.15) is 5.10 Å². The van der Waals surface area contributed by atoms with Crippen molar-refractivity contribution >= 4 is 57.0 Å². The zero-order valence-electron chi connectivity index (χ0n) is 21.9. The third-order valence-electron chi connectivity index (χ3n) is 6.62. The third-order valence-corrected chi connectivity index (χ3v) is 8.99. The minimum absolute atomic E-state index is 0.0329. The molecule has 0 aliphatic heterocycles. The quantitative estimate of drug-likeness (QED) is 0.0896. The summed E-state index contributed by atoms with van der Waals surface area (Å²) < 4.78 is 7.44. The van der Waals surface area contributed by atoms with E-state index in [0.717, 1.165) is 47.4 Å². The highest BCUT2D eigenvalue weighted by atomic mass is 35.5. The topological polar surface area (TPSA) is 85.6 Å². The van der Waals surface area contributed by atoms with Crippen LogP contribution < -0.4 is 15.7 Å². The third kappa shape index (κ3) is 6.22. The lowest BCUT2D eigenvalue weighted by Gasteiger charge is -2.13. The number of aryl methyl sites for hydroxylation is 2. The van der Waals surface area contributed by atoms with Crippen LogP contribution in [0.2, 0.25) is 5.02 Å². The number of para-hydroxylation sites is 1. The van der Waals surface area contributed by atoms with E-state index in [1.807, 2.05) is 54.6 Å². The Morgan fingerprint density at radius 2 is 1.83 bits per heavy atom. The number of halogens is 1. The van der Waals surface area contributed by atoms with Crippen molar-refractivity contribution in [2.75, 3.05) is 5.75 Å². The molecule has 0 fully saturated rings. The normalized spacial score (nSPS) is 12.9. The lowest BCUT2D eigenvalue weighted by atomic mass is 9.97. The zero-order chi connectivity index (χ0) is 28.2. The Kier molecular flexibility index (Phi) is 8.18. The second-order valence-corrected chi connectivity index (χ2v) is 11.9.